The quantitative estimate of drug-likeness (QED) is 0.464. The van der Waals surface area contributed by atoms with Crippen LogP contribution in [0.3, 0.4) is 0 Å². The number of hydrogen-bond donors (Lipinski definition) is 1. The van der Waals surface area contributed by atoms with Gasteiger partial charge in [-0.05, 0) is 61.2 Å². The third kappa shape index (κ3) is 4.36. The van der Waals surface area contributed by atoms with E-state index in [1.165, 1.54) is 19.3 Å². The Morgan fingerprint density at radius 3 is 2.39 bits per heavy atom. The monoisotopic (exact) mass is 438 g/mol. The van der Waals surface area contributed by atoms with Gasteiger partial charge in [0.1, 0.15) is 0 Å². The molecule has 0 bridgehead atoms. The molecule has 0 radical (unpaired) electrons. The van der Waals surface area contributed by atoms with Crippen LogP contribution in [-0.2, 0) is 6.54 Å². The van der Waals surface area contributed by atoms with Gasteiger partial charge in [-0.1, -0.05) is 61.7 Å². The average molecular weight is 439 g/mol. The van der Waals surface area contributed by atoms with Crippen LogP contribution in [0.15, 0.2) is 77.9 Å². The Labute approximate surface area is 195 Å². The Morgan fingerprint density at radius 2 is 1.67 bits per heavy atom. The van der Waals surface area contributed by atoms with Crippen molar-refractivity contribution in [3.05, 3.63) is 89.5 Å². The fraction of sp³-hybridized carbons (Fsp3) is 0.286. The number of rotatable bonds is 4. The van der Waals surface area contributed by atoms with Crippen molar-refractivity contribution in [1.29, 1.82) is 0 Å². The first-order valence-corrected chi connectivity index (χ1v) is 11.8. The van der Waals surface area contributed by atoms with E-state index in [1.807, 2.05) is 54.6 Å². The van der Waals surface area contributed by atoms with E-state index in [4.69, 9.17) is 10.8 Å². The number of urea groups is 1. The van der Waals surface area contributed by atoms with Crippen molar-refractivity contribution in [3.63, 3.8) is 0 Å². The Morgan fingerprint density at radius 1 is 0.939 bits per heavy atom. The maximum Gasteiger partial charge on any atom is 0.349 e. The molecule has 5 heteroatoms. The lowest BCUT2D eigenvalue weighted by Crippen LogP contribution is -2.36. The van der Waals surface area contributed by atoms with Crippen LogP contribution < -0.4 is 10.6 Å². The van der Waals surface area contributed by atoms with E-state index >= 15 is 0 Å². The van der Waals surface area contributed by atoms with E-state index in [0.717, 1.165) is 46.6 Å². The number of amides is 2. The highest BCUT2D eigenvalue weighted by Gasteiger charge is 2.34. The topological polar surface area (TPSA) is 61.9 Å². The van der Waals surface area contributed by atoms with E-state index in [2.05, 4.69) is 25.1 Å². The molecule has 0 atom stereocenters. The van der Waals surface area contributed by atoms with Gasteiger partial charge in [-0.3, -0.25) is 4.90 Å². The molecule has 0 spiro atoms. The molecule has 168 valence electrons. The lowest BCUT2D eigenvalue weighted by Gasteiger charge is -2.27. The highest BCUT2D eigenvalue weighted by atomic mass is 16.2. The molecule has 1 heterocycles. The second-order valence-electron chi connectivity index (χ2n) is 9.09. The maximum absolute atomic E-state index is 14.1. The smallest absolute Gasteiger partial charge is 0.349 e. The molecule has 1 aliphatic carbocycles. The zero-order valence-electron chi connectivity index (χ0n) is 19.1. The molecule has 2 N–H and O–H groups in total. The van der Waals surface area contributed by atoms with E-state index in [1.54, 1.807) is 9.91 Å². The molecule has 0 aromatic heterocycles. The second-order valence-corrected chi connectivity index (χ2v) is 9.09. The van der Waals surface area contributed by atoms with Gasteiger partial charge >= 0.3 is 6.03 Å². The molecule has 3 aromatic rings. The summed E-state index contributed by atoms with van der Waals surface area (Å²) in [5, 5.41) is 6.72. The van der Waals surface area contributed by atoms with Gasteiger partial charge in [0.15, 0.2) is 0 Å². The first-order valence-electron chi connectivity index (χ1n) is 11.8. The van der Waals surface area contributed by atoms with Crippen LogP contribution >= 0.6 is 0 Å². The summed E-state index contributed by atoms with van der Waals surface area (Å²) in [6.45, 7) is 2.49. The lowest BCUT2D eigenvalue weighted by atomic mass is 9.82. The van der Waals surface area contributed by atoms with Crippen molar-refractivity contribution >= 4 is 28.8 Å². The number of aryl methyl sites for hydroxylation is 1. The standard InChI is InChI=1S/C28H30N4O/c1-20-12-17-25-26(18-20)32(24-15-13-23(29)14-16-24)28(33)31(19-21-8-4-2-5-9-21)30-27(25)22-10-6-3-7-11-22/h2,4-5,8-9,12-18,22H,3,6-7,10-11,19,29H2,1H3. The minimum absolute atomic E-state index is 0.152. The van der Waals surface area contributed by atoms with Crippen LogP contribution in [0.25, 0.3) is 0 Å². The SMILES string of the molecule is Cc1ccc2c(c1)N(c1ccc(N)cc1)C(=O)N(Cc1ccccc1)N=C2C1CCCCC1. The van der Waals surface area contributed by atoms with Crippen molar-refractivity contribution < 1.29 is 4.79 Å². The van der Waals surface area contributed by atoms with E-state index in [-0.39, 0.29) is 6.03 Å². The number of carbonyl (C=O) groups excluding carboxylic acids is 1. The van der Waals surface area contributed by atoms with Crippen molar-refractivity contribution in [3.8, 4) is 0 Å². The summed E-state index contributed by atoms with van der Waals surface area (Å²) in [5.41, 5.74) is 12.6. The molecule has 0 unspecified atom stereocenters. The van der Waals surface area contributed by atoms with Crippen molar-refractivity contribution in [2.75, 3.05) is 10.6 Å². The summed E-state index contributed by atoms with van der Waals surface area (Å²) in [6.07, 6.45) is 5.91. The first-order chi connectivity index (χ1) is 16.1. The minimum atomic E-state index is -0.152. The van der Waals surface area contributed by atoms with Crippen molar-refractivity contribution in [2.45, 2.75) is 45.6 Å². The van der Waals surface area contributed by atoms with Gasteiger partial charge in [-0.15, -0.1) is 0 Å². The van der Waals surface area contributed by atoms with Gasteiger partial charge in [0, 0.05) is 17.2 Å². The van der Waals surface area contributed by atoms with Crippen molar-refractivity contribution in [1.82, 2.24) is 5.01 Å². The number of carbonyl (C=O) groups is 1. The van der Waals surface area contributed by atoms with Gasteiger partial charge in [0.25, 0.3) is 0 Å². The predicted molar refractivity (Wildman–Crippen MR) is 135 cm³/mol. The second kappa shape index (κ2) is 9.10. The summed E-state index contributed by atoms with van der Waals surface area (Å²) >= 11 is 0. The van der Waals surface area contributed by atoms with Gasteiger partial charge in [0.2, 0.25) is 0 Å². The van der Waals surface area contributed by atoms with Crippen LogP contribution in [0, 0.1) is 12.8 Å². The Kier molecular flexibility index (Phi) is 5.86. The fourth-order valence-corrected chi connectivity index (χ4v) is 4.90. The van der Waals surface area contributed by atoms with Crippen LogP contribution in [0.2, 0.25) is 0 Å². The largest absolute Gasteiger partial charge is 0.399 e. The van der Waals surface area contributed by atoms with Crippen LogP contribution in [0.4, 0.5) is 21.9 Å². The maximum atomic E-state index is 14.1. The number of nitrogens with zero attached hydrogens (tertiary/aromatic N) is 3. The minimum Gasteiger partial charge on any atom is -0.399 e. The Hall–Kier alpha value is -3.60. The van der Waals surface area contributed by atoms with E-state index < -0.39 is 0 Å². The van der Waals surface area contributed by atoms with E-state index in [9.17, 15) is 4.79 Å². The molecule has 5 rings (SSSR count). The molecule has 1 fully saturated rings. The normalized spacial score (nSPS) is 16.9. The molecule has 3 aromatic carbocycles. The molecule has 2 aliphatic rings. The zero-order chi connectivity index (χ0) is 22.8. The third-order valence-corrected chi connectivity index (χ3v) is 6.63. The fourth-order valence-electron chi connectivity index (χ4n) is 4.90. The van der Waals surface area contributed by atoms with Gasteiger partial charge in [-0.2, -0.15) is 5.10 Å². The van der Waals surface area contributed by atoms with Gasteiger partial charge in [0.05, 0.1) is 23.6 Å². The third-order valence-electron chi connectivity index (χ3n) is 6.63. The number of hydrazone groups is 1. The van der Waals surface area contributed by atoms with E-state index in [0.29, 0.717) is 18.2 Å². The first kappa shape index (κ1) is 21.3. The molecule has 5 nitrogen and oxygen atoms in total. The molecule has 33 heavy (non-hydrogen) atoms. The molecule has 1 saturated carbocycles. The van der Waals surface area contributed by atoms with Crippen LogP contribution in [0.1, 0.15) is 48.8 Å². The van der Waals surface area contributed by atoms with Crippen LogP contribution in [0.5, 0.6) is 0 Å². The molecule has 0 saturated heterocycles. The number of fused-ring (bicyclic) bond motifs is 1. The molecule has 1 aliphatic heterocycles. The zero-order valence-corrected chi connectivity index (χ0v) is 19.1. The molecule has 2 amide bonds. The highest BCUT2D eigenvalue weighted by Crippen LogP contribution is 2.38. The Balaban J connectivity index is 1.67. The number of benzene rings is 3. The van der Waals surface area contributed by atoms with Gasteiger partial charge in [-0.25, -0.2) is 9.80 Å². The summed E-state index contributed by atoms with van der Waals surface area (Å²) in [4.78, 5) is 15.8. The number of nitrogens with two attached hydrogens (primary N) is 1. The average Bonchev–Trinajstić information content (AvgIpc) is 2.95. The summed E-state index contributed by atoms with van der Waals surface area (Å²) in [7, 11) is 0. The Bertz CT molecular complexity index is 1160. The predicted octanol–water partition coefficient (Wildman–Crippen LogP) is 6.64. The van der Waals surface area contributed by atoms with Crippen molar-refractivity contribution in [2.24, 2.45) is 11.0 Å². The summed E-state index contributed by atoms with van der Waals surface area (Å²) in [5.74, 6) is 0.359. The number of anilines is 3. The highest BCUT2D eigenvalue weighted by molar-refractivity contribution is 6.14. The number of hydrogen-bond acceptors (Lipinski definition) is 3. The lowest BCUT2D eigenvalue weighted by molar-refractivity contribution is 0.207. The van der Waals surface area contributed by atoms with Crippen LogP contribution in [-0.4, -0.2) is 16.8 Å². The summed E-state index contributed by atoms with van der Waals surface area (Å²) < 4.78 is 0. The summed E-state index contributed by atoms with van der Waals surface area (Å²) in [6, 6.07) is 23.8. The van der Waals surface area contributed by atoms with Gasteiger partial charge < -0.3 is 5.73 Å². The molecular formula is C28H30N4O. The molecular weight excluding hydrogens is 408 g/mol. The number of nitrogen functional groups attached to an aromatic ring is 1.